The minimum absolute atomic E-state index is 0.0994. The summed E-state index contributed by atoms with van der Waals surface area (Å²) in [5.74, 6) is 0.572. The summed E-state index contributed by atoms with van der Waals surface area (Å²) in [4.78, 5) is 4.24. The number of halogens is 1. The van der Waals surface area contributed by atoms with Crippen molar-refractivity contribution in [1.29, 1.82) is 0 Å². The number of nitrogens with zero attached hydrogens (tertiary/aromatic N) is 2. The number of hydrogen-bond donors (Lipinski definition) is 0. The lowest BCUT2D eigenvalue weighted by Gasteiger charge is -2.13. The van der Waals surface area contributed by atoms with Crippen molar-refractivity contribution < 1.29 is 12.8 Å². The van der Waals surface area contributed by atoms with Crippen LogP contribution in [0.15, 0.2) is 27.0 Å². The summed E-state index contributed by atoms with van der Waals surface area (Å²) in [7, 11) is -2.15. The fourth-order valence-electron chi connectivity index (χ4n) is 1.52. The molecule has 104 valence electrons. The molecule has 0 bridgehead atoms. The van der Waals surface area contributed by atoms with Crippen molar-refractivity contribution in [2.75, 3.05) is 7.05 Å². The average Bonchev–Trinajstić information content (AvgIpc) is 2.98. The van der Waals surface area contributed by atoms with Gasteiger partial charge in [0.25, 0.3) is 10.0 Å². The quantitative estimate of drug-likeness (QED) is 0.794. The van der Waals surface area contributed by atoms with Crippen LogP contribution in [-0.2, 0) is 22.4 Å². The Bertz CT molecular complexity index is 663. The van der Waals surface area contributed by atoms with Crippen LogP contribution in [0, 0.1) is 6.92 Å². The number of thiazole rings is 1. The molecule has 0 N–H and O–H groups in total. The number of alkyl halides is 1. The van der Waals surface area contributed by atoms with Crippen LogP contribution in [0.25, 0.3) is 0 Å². The van der Waals surface area contributed by atoms with Gasteiger partial charge in [-0.2, -0.15) is 4.31 Å². The standard InChI is InChI=1S/C11H13ClN2O3S2/c1-8-13-9(7-18-8)6-14(2)19(15,16)11-4-3-10(5-12)17-11/h3-4,7H,5-6H2,1-2H3. The number of aromatic nitrogens is 1. The van der Waals surface area contributed by atoms with Crippen molar-refractivity contribution in [3.05, 3.63) is 34.0 Å². The van der Waals surface area contributed by atoms with Crippen LogP contribution in [0.2, 0.25) is 0 Å². The molecule has 0 atom stereocenters. The summed E-state index contributed by atoms with van der Waals surface area (Å²) in [6, 6.07) is 2.97. The molecule has 0 saturated heterocycles. The summed E-state index contributed by atoms with van der Waals surface area (Å²) >= 11 is 7.08. The highest BCUT2D eigenvalue weighted by molar-refractivity contribution is 7.88. The van der Waals surface area contributed by atoms with Gasteiger partial charge < -0.3 is 4.42 Å². The van der Waals surface area contributed by atoms with Crippen molar-refractivity contribution in [2.24, 2.45) is 0 Å². The van der Waals surface area contributed by atoms with E-state index < -0.39 is 10.0 Å². The predicted molar refractivity (Wildman–Crippen MR) is 73.8 cm³/mol. The van der Waals surface area contributed by atoms with E-state index >= 15 is 0 Å². The Morgan fingerprint density at radius 1 is 1.47 bits per heavy atom. The molecule has 0 amide bonds. The average molecular weight is 321 g/mol. The van der Waals surface area contributed by atoms with E-state index in [1.54, 1.807) is 6.07 Å². The Balaban J connectivity index is 2.19. The SMILES string of the molecule is Cc1nc(CN(C)S(=O)(=O)c2ccc(CCl)o2)cs1. The first-order chi connectivity index (χ1) is 8.93. The molecule has 2 rings (SSSR count). The van der Waals surface area contributed by atoms with Crippen LogP contribution in [-0.4, -0.2) is 24.8 Å². The zero-order valence-electron chi connectivity index (χ0n) is 10.5. The van der Waals surface area contributed by atoms with Crippen LogP contribution in [0.1, 0.15) is 16.5 Å². The first kappa shape index (κ1) is 14.5. The van der Waals surface area contributed by atoms with E-state index in [1.165, 1.54) is 28.8 Å². The van der Waals surface area contributed by atoms with Gasteiger partial charge in [-0.25, -0.2) is 13.4 Å². The molecule has 0 aliphatic rings. The van der Waals surface area contributed by atoms with E-state index in [-0.39, 0.29) is 17.5 Å². The smallest absolute Gasteiger partial charge is 0.276 e. The molecule has 0 unspecified atom stereocenters. The fraction of sp³-hybridized carbons (Fsp3) is 0.364. The second kappa shape index (κ2) is 5.62. The maximum absolute atomic E-state index is 12.2. The van der Waals surface area contributed by atoms with E-state index in [2.05, 4.69) is 4.98 Å². The van der Waals surface area contributed by atoms with Gasteiger partial charge in [0.1, 0.15) is 5.76 Å². The zero-order valence-corrected chi connectivity index (χ0v) is 12.8. The zero-order chi connectivity index (χ0) is 14.0. The molecule has 2 heterocycles. The lowest BCUT2D eigenvalue weighted by molar-refractivity contribution is 0.392. The van der Waals surface area contributed by atoms with Crippen LogP contribution < -0.4 is 0 Å². The van der Waals surface area contributed by atoms with Crippen LogP contribution in [0.5, 0.6) is 0 Å². The molecule has 0 fully saturated rings. The summed E-state index contributed by atoms with van der Waals surface area (Å²) in [6.07, 6.45) is 0. The Kier molecular flexibility index (Phi) is 4.29. The minimum atomic E-state index is -3.64. The van der Waals surface area contributed by atoms with E-state index in [9.17, 15) is 8.42 Å². The van der Waals surface area contributed by atoms with Gasteiger partial charge in [0, 0.05) is 12.4 Å². The molecule has 0 spiro atoms. The summed E-state index contributed by atoms with van der Waals surface area (Å²) in [5, 5.41) is 2.65. The summed E-state index contributed by atoms with van der Waals surface area (Å²) in [5.41, 5.74) is 0.720. The molecule has 0 aliphatic carbocycles. The third kappa shape index (κ3) is 3.17. The van der Waals surface area contributed by atoms with Gasteiger partial charge in [-0.15, -0.1) is 22.9 Å². The van der Waals surface area contributed by atoms with Crippen molar-refractivity contribution in [3.63, 3.8) is 0 Å². The first-order valence-corrected chi connectivity index (χ1v) is 8.31. The topological polar surface area (TPSA) is 63.4 Å². The number of hydrogen-bond acceptors (Lipinski definition) is 5. The molecule has 0 aromatic carbocycles. The summed E-state index contributed by atoms with van der Waals surface area (Å²) < 4.78 is 30.9. The summed E-state index contributed by atoms with van der Waals surface area (Å²) in [6.45, 7) is 2.09. The minimum Gasteiger partial charge on any atom is -0.447 e. The number of sulfonamides is 1. The fourth-order valence-corrected chi connectivity index (χ4v) is 3.33. The highest BCUT2D eigenvalue weighted by Gasteiger charge is 2.25. The predicted octanol–water partition coefficient (Wildman–Crippen LogP) is 2.60. The van der Waals surface area contributed by atoms with Crippen molar-refractivity contribution >= 4 is 33.0 Å². The molecular weight excluding hydrogens is 308 g/mol. The Hall–Kier alpha value is -0.890. The van der Waals surface area contributed by atoms with E-state index in [1.807, 2.05) is 12.3 Å². The maximum atomic E-state index is 12.2. The van der Waals surface area contributed by atoms with Gasteiger partial charge in [0.2, 0.25) is 5.09 Å². The van der Waals surface area contributed by atoms with E-state index in [0.717, 1.165) is 10.7 Å². The molecule has 19 heavy (non-hydrogen) atoms. The second-order valence-electron chi connectivity index (χ2n) is 3.97. The lowest BCUT2D eigenvalue weighted by Crippen LogP contribution is -2.26. The van der Waals surface area contributed by atoms with Crippen LogP contribution in [0.4, 0.5) is 0 Å². The molecule has 5 nitrogen and oxygen atoms in total. The number of aryl methyl sites for hydroxylation is 1. The van der Waals surface area contributed by atoms with Gasteiger partial charge in [0.15, 0.2) is 0 Å². The molecular formula is C11H13ClN2O3S2. The normalized spacial score (nSPS) is 12.2. The molecule has 0 saturated carbocycles. The Morgan fingerprint density at radius 2 is 2.21 bits per heavy atom. The van der Waals surface area contributed by atoms with Crippen molar-refractivity contribution in [3.8, 4) is 0 Å². The van der Waals surface area contributed by atoms with Gasteiger partial charge >= 0.3 is 0 Å². The largest absolute Gasteiger partial charge is 0.447 e. The van der Waals surface area contributed by atoms with Crippen LogP contribution in [0.3, 0.4) is 0 Å². The highest BCUT2D eigenvalue weighted by atomic mass is 35.5. The maximum Gasteiger partial charge on any atom is 0.276 e. The number of rotatable bonds is 5. The molecule has 0 radical (unpaired) electrons. The van der Waals surface area contributed by atoms with Crippen molar-refractivity contribution in [1.82, 2.24) is 9.29 Å². The Labute approximate surface area is 120 Å². The monoisotopic (exact) mass is 320 g/mol. The lowest BCUT2D eigenvalue weighted by atomic mass is 10.5. The van der Waals surface area contributed by atoms with E-state index in [4.69, 9.17) is 16.0 Å². The molecule has 2 aromatic heterocycles. The number of furan rings is 1. The molecule has 8 heteroatoms. The third-order valence-electron chi connectivity index (χ3n) is 2.48. The van der Waals surface area contributed by atoms with Crippen LogP contribution >= 0.6 is 22.9 Å². The van der Waals surface area contributed by atoms with Crippen molar-refractivity contribution in [2.45, 2.75) is 24.4 Å². The van der Waals surface area contributed by atoms with Gasteiger partial charge in [-0.05, 0) is 19.1 Å². The Morgan fingerprint density at radius 3 is 2.74 bits per heavy atom. The second-order valence-corrected chi connectivity index (χ2v) is 7.28. The van der Waals surface area contributed by atoms with Gasteiger partial charge in [0.05, 0.1) is 23.1 Å². The molecule has 2 aromatic rings. The third-order valence-corrected chi connectivity index (χ3v) is 5.25. The molecule has 0 aliphatic heterocycles. The first-order valence-electron chi connectivity index (χ1n) is 5.45. The highest BCUT2D eigenvalue weighted by Crippen LogP contribution is 2.20. The van der Waals surface area contributed by atoms with Gasteiger partial charge in [-0.3, -0.25) is 0 Å². The van der Waals surface area contributed by atoms with Gasteiger partial charge in [-0.1, -0.05) is 0 Å². The van der Waals surface area contributed by atoms with E-state index in [0.29, 0.717) is 5.76 Å².